The summed E-state index contributed by atoms with van der Waals surface area (Å²) < 4.78 is 0. The molecule has 0 bridgehead atoms. The molecule has 1 aliphatic heterocycles. The third-order valence-electron chi connectivity index (χ3n) is 3.54. The maximum absolute atomic E-state index is 12.1. The number of rotatable bonds is 1. The molecule has 16 heavy (non-hydrogen) atoms. The highest BCUT2D eigenvalue weighted by atomic mass is 16.2. The fourth-order valence-electron chi connectivity index (χ4n) is 2.75. The van der Waals surface area contributed by atoms with E-state index in [1.165, 1.54) is 4.90 Å². The van der Waals surface area contributed by atoms with Crippen LogP contribution in [0.1, 0.15) is 25.7 Å². The van der Waals surface area contributed by atoms with Crippen LogP contribution < -0.4 is 4.90 Å². The monoisotopic (exact) mass is 219 g/mol. The normalized spacial score (nSPS) is 29.6. The van der Waals surface area contributed by atoms with E-state index in [2.05, 4.69) is 9.97 Å². The number of nitrogens with zero attached hydrogens (tertiary/aromatic N) is 2. The van der Waals surface area contributed by atoms with Crippen molar-refractivity contribution in [2.24, 2.45) is 11.8 Å². The van der Waals surface area contributed by atoms with Crippen molar-refractivity contribution in [1.82, 2.24) is 9.97 Å². The fraction of sp³-hybridized carbons (Fsp3) is 0.545. The molecule has 1 aromatic heterocycles. The van der Waals surface area contributed by atoms with Crippen LogP contribution in [0.5, 0.6) is 0 Å². The van der Waals surface area contributed by atoms with Gasteiger partial charge in [-0.25, -0.2) is 9.88 Å². The Kier molecular flexibility index (Phi) is 2.05. The van der Waals surface area contributed by atoms with Crippen molar-refractivity contribution in [2.45, 2.75) is 25.7 Å². The van der Waals surface area contributed by atoms with Gasteiger partial charge < -0.3 is 4.98 Å². The molecular formula is C11H13N3O2. The van der Waals surface area contributed by atoms with Crippen molar-refractivity contribution in [2.75, 3.05) is 4.90 Å². The first-order valence-electron chi connectivity index (χ1n) is 5.66. The molecule has 2 atom stereocenters. The number of nitrogens with one attached hydrogen (secondary N) is 1. The van der Waals surface area contributed by atoms with Gasteiger partial charge in [0.2, 0.25) is 17.8 Å². The third kappa shape index (κ3) is 1.20. The van der Waals surface area contributed by atoms with Gasteiger partial charge >= 0.3 is 0 Å². The second-order valence-corrected chi connectivity index (χ2v) is 4.42. The third-order valence-corrected chi connectivity index (χ3v) is 3.54. The number of aromatic amines is 1. The number of imide groups is 1. The molecule has 1 aliphatic carbocycles. The van der Waals surface area contributed by atoms with E-state index >= 15 is 0 Å². The zero-order valence-electron chi connectivity index (χ0n) is 8.85. The predicted octanol–water partition coefficient (Wildman–Crippen LogP) is 1.09. The fourth-order valence-corrected chi connectivity index (χ4v) is 2.75. The topological polar surface area (TPSA) is 66.1 Å². The number of carbonyl (C=O) groups is 2. The molecule has 1 saturated carbocycles. The van der Waals surface area contributed by atoms with E-state index < -0.39 is 0 Å². The van der Waals surface area contributed by atoms with Crippen LogP contribution in [0.3, 0.4) is 0 Å². The van der Waals surface area contributed by atoms with Gasteiger partial charge in [0.1, 0.15) is 0 Å². The van der Waals surface area contributed by atoms with E-state index in [4.69, 9.17) is 0 Å². The van der Waals surface area contributed by atoms with Gasteiger partial charge in [0.05, 0.1) is 11.8 Å². The lowest BCUT2D eigenvalue weighted by atomic mass is 9.81. The van der Waals surface area contributed by atoms with Crippen LogP contribution in [0.15, 0.2) is 12.4 Å². The summed E-state index contributed by atoms with van der Waals surface area (Å²) >= 11 is 0. The van der Waals surface area contributed by atoms with E-state index in [1.54, 1.807) is 12.4 Å². The molecule has 2 amide bonds. The van der Waals surface area contributed by atoms with Crippen LogP contribution in [0.2, 0.25) is 0 Å². The molecular weight excluding hydrogens is 206 g/mol. The lowest BCUT2D eigenvalue weighted by Crippen LogP contribution is -2.31. The second-order valence-electron chi connectivity index (χ2n) is 4.42. The van der Waals surface area contributed by atoms with Crippen LogP contribution >= 0.6 is 0 Å². The number of hydrogen-bond donors (Lipinski definition) is 1. The highest BCUT2D eigenvalue weighted by Crippen LogP contribution is 2.38. The largest absolute Gasteiger partial charge is 0.330 e. The Morgan fingerprint density at radius 3 is 2.31 bits per heavy atom. The van der Waals surface area contributed by atoms with Gasteiger partial charge in [0.15, 0.2) is 0 Å². The quantitative estimate of drug-likeness (QED) is 0.719. The minimum absolute atomic E-state index is 0.0790. The smallest absolute Gasteiger partial charge is 0.240 e. The van der Waals surface area contributed by atoms with E-state index in [9.17, 15) is 9.59 Å². The summed E-state index contributed by atoms with van der Waals surface area (Å²) in [7, 11) is 0. The van der Waals surface area contributed by atoms with E-state index in [1.807, 2.05) is 0 Å². The van der Waals surface area contributed by atoms with Gasteiger partial charge in [-0.3, -0.25) is 9.59 Å². The summed E-state index contributed by atoms with van der Waals surface area (Å²) in [6.07, 6.45) is 6.95. The first-order chi connectivity index (χ1) is 7.79. The van der Waals surface area contributed by atoms with E-state index in [0.717, 1.165) is 25.7 Å². The summed E-state index contributed by atoms with van der Waals surface area (Å²) in [5.74, 6) is -0.00333. The van der Waals surface area contributed by atoms with Gasteiger partial charge in [0.25, 0.3) is 0 Å². The number of anilines is 1. The molecule has 5 nitrogen and oxygen atoms in total. The van der Waals surface area contributed by atoms with Crippen LogP contribution in [0.25, 0.3) is 0 Å². The number of fused-ring (bicyclic) bond motifs is 1. The summed E-state index contributed by atoms with van der Waals surface area (Å²) in [6.45, 7) is 0. The molecule has 0 spiro atoms. The van der Waals surface area contributed by atoms with Crippen LogP contribution in [0, 0.1) is 11.8 Å². The molecule has 5 heteroatoms. The SMILES string of the molecule is O=C1C2CCCCC2C(=O)N1c1ncc[nH]1. The molecule has 1 aromatic rings. The number of imidazole rings is 1. The molecule has 0 aromatic carbocycles. The Balaban J connectivity index is 1.96. The molecule has 2 unspecified atom stereocenters. The Morgan fingerprint density at radius 1 is 1.19 bits per heavy atom. The average molecular weight is 219 g/mol. The first kappa shape index (κ1) is 9.57. The minimum atomic E-state index is -0.105. The first-order valence-corrected chi connectivity index (χ1v) is 5.66. The van der Waals surface area contributed by atoms with Crippen LogP contribution in [0.4, 0.5) is 5.95 Å². The summed E-state index contributed by atoms with van der Waals surface area (Å²) in [6, 6.07) is 0. The Hall–Kier alpha value is -1.65. The van der Waals surface area contributed by atoms with Crippen LogP contribution in [-0.4, -0.2) is 21.8 Å². The van der Waals surface area contributed by atoms with Crippen molar-refractivity contribution in [3.63, 3.8) is 0 Å². The van der Waals surface area contributed by atoms with Crippen LogP contribution in [-0.2, 0) is 9.59 Å². The maximum Gasteiger partial charge on any atom is 0.240 e. The summed E-state index contributed by atoms with van der Waals surface area (Å²) in [5.41, 5.74) is 0. The van der Waals surface area contributed by atoms with Gasteiger partial charge in [-0.1, -0.05) is 12.8 Å². The van der Waals surface area contributed by atoms with Crippen molar-refractivity contribution in [3.05, 3.63) is 12.4 Å². The van der Waals surface area contributed by atoms with Gasteiger partial charge in [-0.2, -0.15) is 0 Å². The molecule has 1 saturated heterocycles. The molecule has 3 rings (SSSR count). The number of amides is 2. The zero-order chi connectivity index (χ0) is 11.1. The van der Waals surface area contributed by atoms with E-state index in [0.29, 0.717) is 5.95 Å². The molecule has 0 radical (unpaired) electrons. The summed E-state index contributed by atoms with van der Waals surface area (Å²) in [4.78, 5) is 32.2. The molecule has 2 aliphatic rings. The molecule has 84 valence electrons. The van der Waals surface area contributed by atoms with Gasteiger partial charge in [0, 0.05) is 12.4 Å². The zero-order valence-corrected chi connectivity index (χ0v) is 8.85. The summed E-state index contributed by atoms with van der Waals surface area (Å²) in [5, 5.41) is 0. The van der Waals surface area contributed by atoms with Gasteiger partial charge in [-0.05, 0) is 12.8 Å². The lowest BCUT2D eigenvalue weighted by Gasteiger charge is -2.19. The standard InChI is InChI=1S/C11H13N3O2/c15-9-7-3-1-2-4-8(7)10(16)14(9)11-12-5-6-13-11/h5-8H,1-4H2,(H,12,13). The van der Waals surface area contributed by atoms with Crippen molar-refractivity contribution in [1.29, 1.82) is 0 Å². The molecule has 2 heterocycles. The number of aromatic nitrogens is 2. The molecule has 2 fully saturated rings. The Labute approximate surface area is 92.9 Å². The average Bonchev–Trinajstić information content (AvgIpc) is 2.89. The number of H-pyrrole nitrogens is 1. The van der Waals surface area contributed by atoms with E-state index in [-0.39, 0.29) is 23.7 Å². The predicted molar refractivity (Wildman–Crippen MR) is 56.5 cm³/mol. The Bertz CT molecular complexity index is 402. The minimum Gasteiger partial charge on any atom is -0.330 e. The Morgan fingerprint density at radius 2 is 1.81 bits per heavy atom. The van der Waals surface area contributed by atoms with Crippen molar-refractivity contribution in [3.8, 4) is 0 Å². The highest BCUT2D eigenvalue weighted by molar-refractivity contribution is 6.21. The second kappa shape index (κ2) is 3.43. The van der Waals surface area contributed by atoms with Crippen molar-refractivity contribution < 1.29 is 9.59 Å². The molecule has 1 N–H and O–H groups in total. The maximum atomic E-state index is 12.1. The number of hydrogen-bond acceptors (Lipinski definition) is 3. The highest BCUT2D eigenvalue weighted by Gasteiger charge is 2.49. The van der Waals surface area contributed by atoms with Gasteiger partial charge in [-0.15, -0.1) is 0 Å². The number of carbonyl (C=O) groups excluding carboxylic acids is 2. The van der Waals surface area contributed by atoms with Crippen molar-refractivity contribution >= 4 is 17.8 Å². The lowest BCUT2D eigenvalue weighted by molar-refractivity contribution is -0.122.